The summed E-state index contributed by atoms with van der Waals surface area (Å²) in [6, 6.07) is 4.81. The van der Waals surface area contributed by atoms with Crippen molar-refractivity contribution < 1.29 is 9.53 Å². The number of ether oxygens (including phenoxy) is 1. The van der Waals surface area contributed by atoms with Gasteiger partial charge in [0.25, 0.3) is 0 Å². The van der Waals surface area contributed by atoms with Gasteiger partial charge in [-0.2, -0.15) is 0 Å². The Labute approximate surface area is 136 Å². The molecule has 0 N–H and O–H groups in total. The highest BCUT2D eigenvalue weighted by Gasteiger charge is 2.44. The Bertz CT molecular complexity index is 515. The van der Waals surface area contributed by atoms with Crippen molar-refractivity contribution in [3.63, 3.8) is 0 Å². The summed E-state index contributed by atoms with van der Waals surface area (Å²) >= 11 is 1.92. The Balaban J connectivity index is 1.63. The van der Waals surface area contributed by atoms with Crippen LogP contribution in [0, 0.1) is 0 Å². The number of carbonyl (C=O) groups excluding carboxylic acids is 1. The topological polar surface area (TPSA) is 42.4 Å². The van der Waals surface area contributed by atoms with E-state index in [4.69, 9.17) is 4.74 Å². The maximum atomic E-state index is 12.4. The van der Waals surface area contributed by atoms with Crippen LogP contribution < -0.4 is 0 Å². The van der Waals surface area contributed by atoms with Gasteiger partial charge in [0.1, 0.15) is 5.60 Å². The van der Waals surface area contributed by atoms with Crippen molar-refractivity contribution in [3.05, 3.63) is 24.5 Å². The molecule has 2 fully saturated rings. The molecule has 0 saturated carbocycles. The lowest BCUT2D eigenvalue weighted by Crippen LogP contribution is -2.49. The lowest BCUT2D eigenvalue weighted by Gasteiger charge is -2.39. The maximum Gasteiger partial charge on any atom is 0.410 e. The van der Waals surface area contributed by atoms with Gasteiger partial charge in [0.2, 0.25) is 0 Å². The molecule has 1 unspecified atom stereocenters. The minimum absolute atomic E-state index is 0.132. The van der Waals surface area contributed by atoms with Gasteiger partial charge in [0, 0.05) is 34.6 Å². The van der Waals surface area contributed by atoms with E-state index in [9.17, 15) is 4.79 Å². The van der Waals surface area contributed by atoms with Crippen molar-refractivity contribution in [2.24, 2.45) is 0 Å². The van der Waals surface area contributed by atoms with Gasteiger partial charge < -0.3 is 9.64 Å². The first-order valence-corrected chi connectivity index (χ1v) is 8.88. The fourth-order valence-corrected chi connectivity index (χ4v) is 4.75. The lowest BCUT2D eigenvalue weighted by atomic mass is 10.0. The normalized spacial score (nSPS) is 27.8. The average Bonchev–Trinajstić information content (AvgIpc) is 2.70. The molecule has 0 aromatic carbocycles. The maximum absolute atomic E-state index is 12.4. The van der Waals surface area contributed by atoms with Gasteiger partial charge >= 0.3 is 6.09 Å². The van der Waals surface area contributed by atoms with Crippen molar-refractivity contribution in [3.8, 4) is 0 Å². The number of fused-ring (bicyclic) bond motifs is 2. The van der Waals surface area contributed by atoms with Crippen LogP contribution in [0.4, 0.5) is 4.79 Å². The van der Waals surface area contributed by atoms with Gasteiger partial charge in [-0.25, -0.2) is 4.79 Å². The Morgan fingerprint density at radius 3 is 2.36 bits per heavy atom. The molecule has 22 heavy (non-hydrogen) atoms. The minimum Gasteiger partial charge on any atom is -0.444 e. The van der Waals surface area contributed by atoms with Gasteiger partial charge in [-0.3, -0.25) is 4.98 Å². The Hall–Kier alpha value is -1.23. The quantitative estimate of drug-likeness (QED) is 0.822. The first-order chi connectivity index (χ1) is 10.4. The molecule has 2 saturated heterocycles. The summed E-state index contributed by atoms with van der Waals surface area (Å²) in [5.41, 5.74) is -0.417. The number of piperidine rings is 1. The zero-order valence-corrected chi connectivity index (χ0v) is 14.3. The molecule has 1 aromatic heterocycles. The Morgan fingerprint density at radius 1 is 1.23 bits per heavy atom. The molecular formula is C17H24N2O2S. The molecular weight excluding hydrogens is 296 g/mol. The molecule has 2 aliphatic heterocycles. The number of nitrogens with zero attached hydrogens (tertiary/aromatic N) is 2. The SMILES string of the molecule is CC(C)(C)OC(=O)N1[C@@H]2CC[C@H]1CC(Sc1ccncc1)C2. The fraction of sp³-hybridized carbons (Fsp3) is 0.647. The first kappa shape index (κ1) is 15.7. The molecule has 1 amide bonds. The molecule has 2 aliphatic rings. The second-order valence-electron chi connectivity index (χ2n) is 7.17. The molecule has 1 aromatic rings. The molecule has 3 rings (SSSR count). The van der Waals surface area contributed by atoms with Crippen molar-refractivity contribution in [1.82, 2.24) is 9.88 Å². The van der Waals surface area contributed by atoms with E-state index in [1.54, 1.807) is 0 Å². The van der Waals surface area contributed by atoms with E-state index < -0.39 is 5.60 Å². The van der Waals surface area contributed by atoms with Crippen LogP contribution in [-0.4, -0.2) is 38.9 Å². The summed E-state index contributed by atoms with van der Waals surface area (Å²) < 4.78 is 5.58. The predicted molar refractivity (Wildman–Crippen MR) is 88.0 cm³/mol. The summed E-state index contributed by atoms with van der Waals surface area (Å²) in [6.45, 7) is 5.79. The number of carbonyl (C=O) groups is 1. The first-order valence-electron chi connectivity index (χ1n) is 8.00. The fourth-order valence-electron chi connectivity index (χ4n) is 3.45. The number of pyridine rings is 1. The van der Waals surface area contributed by atoms with Gasteiger partial charge in [0.15, 0.2) is 0 Å². The van der Waals surface area contributed by atoms with Crippen LogP contribution in [0.25, 0.3) is 0 Å². The van der Waals surface area contributed by atoms with E-state index in [0.717, 1.165) is 25.7 Å². The molecule has 120 valence electrons. The predicted octanol–water partition coefficient (Wildman–Crippen LogP) is 4.10. The van der Waals surface area contributed by atoms with Crippen LogP contribution in [0.3, 0.4) is 0 Å². The number of rotatable bonds is 2. The van der Waals surface area contributed by atoms with E-state index in [0.29, 0.717) is 17.3 Å². The second-order valence-corrected chi connectivity index (χ2v) is 8.54. The number of hydrogen-bond donors (Lipinski definition) is 0. The Kier molecular flexibility index (Phi) is 4.35. The van der Waals surface area contributed by atoms with Crippen molar-refractivity contribution in [2.75, 3.05) is 0 Å². The molecule has 0 spiro atoms. The van der Waals surface area contributed by atoms with Gasteiger partial charge in [-0.05, 0) is 58.6 Å². The number of thioether (sulfide) groups is 1. The van der Waals surface area contributed by atoms with Gasteiger partial charge in [0.05, 0.1) is 0 Å². The largest absolute Gasteiger partial charge is 0.444 e. The Morgan fingerprint density at radius 2 is 1.82 bits per heavy atom. The van der Waals surface area contributed by atoms with Crippen LogP contribution in [0.5, 0.6) is 0 Å². The number of amides is 1. The van der Waals surface area contributed by atoms with Crippen molar-refractivity contribution in [1.29, 1.82) is 0 Å². The minimum atomic E-state index is -0.417. The molecule has 5 heteroatoms. The van der Waals surface area contributed by atoms with Crippen LogP contribution >= 0.6 is 11.8 Å². The van der Waals surface area contributed by atoms with Crippen LogP contribution in [-0.2, 0) is 4.74 Å². The molecule has 4 nitrogen and oxygen atoms in total. The van der Waals surface area contributed by atoms with Crippen molar-refractivity contribution >= 4 is 17.9 Å². The molecule has 0 radical (unpaired) electrons. The molecule has 2 bridgehead atoms. The van der Waals surface area contributed by atoms with E-state index >= 15 is 0 Å². The zero-order valence-electron chi connectivity index (χ0n) is 13.5. The van der Waals surface area contributed by atoms with Crippen LogP contribution in [0.1, 0.15) is 46.5 Å². The average molecular weight is 320 g/mol. The zero-order chi connectivity index (χ0) is 15.7. The highest BCUT2D eigenvalue weighted by molar-refractivity contribution is 8.00. The van der Waals surface area contributed by atoms with E-state index in [1.807, 2.05) is 49.8 Å². The summed E-state index contributed by atoms with van der Waals surface area (Å²) in [7, 11) is 0. The summed E-state index contributed by atoms with van der Waals surface area (Å²) in [4.78, 5) is 19.8. The summed E-state index contributed by atoms with van der Waals surface area (Å²) in [6.07, 6.45) is 7.88. The third kappa shape index (κ3) is 3.57. The van der Waals surface area contributed by atoms with E-state index in [2.05, 4.69) is 17.1 Å². The second kappa shape index (κ2) is 6.11. The smallest absolute Gasteiger partial charge is 0.410 e. The summed E-state index contributed by atoms with van der Waals surface area (Å²) in [5.74, 6) is 0. The monoisotopic (exact) mass is 320 g/mol. The van der Waals surface area contributed by atoms with E-state index in [1.165, 1.54) is 4.90 Å². The molecule has 3 heterocycles. The lowest BCUT2D eigenvalue weighted by molar-refractivity contribution is 0.00842. The molecule has 3 atom stereocenters. The molecule has 0 aliphatic carbocycles. The van der Waals surface area contributed by atoms with Gasteiger partial charge in [-0.1, -0.05) is 0 Å². The third-order valence-corrected chi connectivity index (χ3v) is 5.51. The van der Waals surface area contributed by atoms with Crippen LogP contribution in [0.15, 0.2) is 29.4 Å². The highest BCUT2D eigenvalue weighted by Crippen LogP contribution is 2.42. The third-order valence-electron chi connectivity index (χ3n) is 4.25. The highest BCUT2D eigenvalue weighted by atomic mass is 32.2. The van der Waals surface area contributed by atoms with E-state index in [-0.39, 0.29) is 6.09 Å². The standard InChI is InChI=1S/C17H24N2O2S/c1-17(2,3)21-16(20)19-12-4-5-13(19)11-15(10-12)22-14-6-8-18-9-7-14/h6-9,12-13,15H,4-5,10-11H2,1-3H3/t12-,13+,15?. The number of hydrogen-bond acceptors (Lipinski definition) is 4. The van der Waals surface area contributed by atoms with Crippen LogP contribution in [0.2, 0.25) is 0 Å². The van der Waals surface area contributed by atoms with Crippen molar-refractivity contribution in [2.45, 2.75) is 74.3 Å². The summed E-state index contributed by atoms with van der Waals surface area (Å²) in [5, 5.41) is 0.582. The number of aromatic nitrogens is 1. The van der Waals surface area contributed by atoms with Gasteiger partial charge in [-0.15, -0.1) is 11.8 Å².